The van der Waals surface area contributed by atoms with Gasteiger partial charge >= 0.3 is 0 Å². The summed E-state index contributed by atoms with van der Waals surface area (Å²) in [6.45, 7) is 1.80. The van der Waals surface area contributed by atoms with Crippen molar-refractivity contribution < 1.29 is 14.3 Å². The van der Waals surface area contributed by atoms with Gasteiger partial charge in [-0.1, -0.05) is 12.1 Å². The summed E-state index contributed by atoms with van der Waals surface area (Å²) in [4.78, 5) is 11.4. The van der Waals surface area contributed by atoms with Crippen LogP contribution in [0.1, 0.15) is 25.0 Å². The average Bonchev–Trinajstić information content (AvgIpc) is 2.28. The second-order valence-electron chi connectivity index (χ2n) is 3.81. The van der Waals surface area contributed by atoms with Crippen molar-refractivity contribution in [2.75, 3.05) is 7.11 Å². The Kier molecular flexibility index (Phi) is 2.95. The number of rotatable bonds is 2. The molecule has 0 saturated carbocycles. The zero-order valence-electron chi connectivity index (χ0n) is 9.40. The van der Waals surface area contributed by atoms with Crippen molar-refractivity contribution in [1.29, 1.82) is 0 Å². The fourth-order valence-electron chi connectivity index (χ4n) is 1.80. The molecule has 2 rings (SSSR count). The van der Waals surface area contributed by atoms with E-state index >= 15 is 0 Å². The van der Waals surface area contributed by atoms with Crippen LogP contribution in [0.4, 0.5) is 0 Å². The molecule has 0 radical (unpaired) electrons. The standard InChI is InChI=1S/C13H14O3/c1-9-6-11(14)8-13(16-9)10-4-3-5-12(7-10)15-2/h3-7,13H,8H2,1-2H3/t13-/m1/s1. The molecule has 1 aliphatic heterocycles. The molecule has 0 aromatic heterocycles. The van der Waals surface area contributed by atoms with Crippen LogP contribution in [0.3, 0.4) is 0 Å². The largest absolute Gasteiger partial charge is 0.497 e. The molecule has 0 spiro atoms. The van der Waals surface area contributed by atoms with Gasteiger partial charge in [0.25, 0.3) is 0 Å². The van der Waals surface area contributed by atoms with Crippen molar-refractivity contribution in [2.24, 2.45) is 0 Å². The number of methoxy groups -OCH3 is 1. The van der Waals surface area contributed by atoms with E-state index < -0.39 is 0 Å². The van der Waals surface area contributed by atoms with Crippen LogP contribution in [-0.4, -0.2) is 12.9 Å². The van der Waals surface area contributed by atoms with Gasteiger partial charge in [0.1, 0.15) is 11.9 Å². The van der Waals surface area contributed by atoms with Crippen LogP contribution in [0, 0.1) is 0 Å². The summed E-state index contributed by atoms with van der Waals surface area (Å²) in [5.41, 5.74) is 0.972. The molecule has 0 bridgehead atoms. The van der Waals surface area contributed by atoms with E-state index in [2.05, 4.69) is 0 Å². The molecule has 0 saturated heterocycles. The SMILES string of the molecule is COc1cccc([C@H]2CC(=O)C=C(C)O2)c1. The molecular formula is C13H14O3. The number of hydrogen-bond donors (Lipinski definition) is 0. The van der Waals surface area contributed by atoms with Crippen molar-refractivity contribution >= 4 is 5.78 Å². The van der Waals surface area contributed by atoms with E-state index in [1.807, 2.05) is 24.3 Å². The second kappa shape index (κ2) is 4.39. The Labute approximate surface area is 94.7 Å². The summed E-state index contributed by atoms with van der Waals surface area (Å²) in [6.07, 6.45) is 1.74. The first kappa shape index (κ1) is 10.7. The smallest absolute Gasteiger partial charge is 0.163 e. The first-order valence-corrected chi connectivity index (χ1v) is 5.21. The lowest BCUT2D eigenvalue weighted by molar-refractivity contribution is -0.118. The van der Waals surface area contributed by atoms with Gasteiger partial charge in [0.2, 0.25) is 0 Å². The van der Waals surface area contributed by atoms with Crippen LogP contribution in [0.15, 0.2) is 36.1 Å². The number of ether oxygens (including phenoxy) is 2. The lowest BCUT2D eigenvalue weighted by atomic mass is 10.0. The number of ketones is 1. The first-order valence-electron chi connectivity index (χ1n) is 5.21. The number of allylic oxidation sites excluding steroid dienone is 2. The molecule has 84 valence electrons. The molecule has 0 amide bonds. The molecule has 1 aromatic rings. The predicted octanol–water partition coefficient (Wildman–Crippen LogP) is 2.63. The topological polar surface area (TPSA) is 35.5 Å². The molecule has 0 aliphatic carbocycles. The summed E-state index contributed by atoms with van der Waals surface area (Å²) in [5, 5.41) is 0. The molecule has 16 heavy (non-hydrogen) atoms. The Morgan fingerprint density at radius 1 is 1.44 bits per heavy atom. The molecular weight excluding hydrogens is 204 g/mol. The first-order chi connectivity index (χ1) is 7.69. The number of carbonyl (C=O) groups excluding carboxylic acids is 1. The molecule has 0 N–H and O–H groups in total. The quantitative estimate of drug-likeness (QED) is 0.765. The van der Waals surface area contributed by atoms with Gasteiger partial charge in [-0.3, -0.25) is 4.79 Å². The minimum absolute atomic E-state index is 0.108. The molecule has 0 unspecified atom stereocenters. The van der Waals surface area contributed by atoms with Crippen molar-refractivity contribution in [3.63, 3.8) is 0 Å². The number of carbonyl (C=O) groups is 1. The van der Waals surface area contributed by atoms with Crippen LogP contribution >= 0.6 is 0 Å². The van der Waals surface area contributed by atoms with E-state index in [9.17, 15) is 4.79 Å². The Morgan fingerprint density at radius 3 is 2.94 bits per heavy atom. The van der Waals surface area contributed by atoms with E-state index in [0.717, 1.165) is 11.3 Å². The molecule has 3 heteroatoms. The fraction of sp³-hybridized carbons (Fsp3) is 0.308. The second-order valence-corrected chi connectivity index (χ2v) is 3.81. The fourth-order valence-corrected chi connectivity index (χ4v) is 1.80. The Balaban J connectivity index is 2.24. The maximum atomic E-state index is 11.4. The van der Waals surface area contributed by atoms with Gasteiger partial charge in [-0.25, -0.2) is 0 Å². The maximum Gasteiger partial charge on any atom is 0.163 e. The van der Waals surface area contributed by atoms with Crippen molar-refractivity contribution in [3.05, 3.63) is 41.7 Å². The number of hydrogen-bond acceptors (Lipinski definition) is 3. The highest BCUT2D eigenvalue weighted by atomic mass is 16.5. The molecule has 1 aromatic carbocycles. The van der Waals surface area contributed by atoms with E-state index in [1.165, 1.54) is 6.08 Å². The van der Waals surface area contributed by atoms with E-state index in [4.69, 9.17) is 9.47 Å². The van der Waals surface area contributed by atoms with Crippen LogP contribution in [0.5, 0.6) is 5.75 Å². The van der Waals surface area contributed by atoms with Gasteiger partial charge in [-0.15, -0.1) is 0 Å². The Hall–Kier alpha value is -1.77. The van der Waals surface area contributed by atoms with E-state index in [0.29, 0.717) is 12.2 Å². The molecule has 3 nitrogen and oxygen atoms in total. The van der Waals surface area contributed by atoms with Crippen LogP contribution < -0.4 is 4.74 Å². The lowest BCUT2D eigenvalue weighted by Gasteiger charge is -2.22. The highest BCUT2D eigenvalue weighted by Crippen LogP contribution is 2.30. The van der Waals surface area contributed by atoms with Crippen LogP contribution in [0.2, 0.25) is 0 Å². The summed E-state index contributed by atoms with van der Waals surface area (Å²) in [6, 6.07) is 7.61. The number of benzene rings is 1. The maximum absolute atomic E-state index is 11.4. The Morgan fingerprint density at radius 2 is 2.25 bits per heavy atom. The van der Waals surface area contributed by atoms with Gasteiger partial charge in [-0.2, -0.15) is 0 Å². The van der Waals surface area contributed by atoms with Crippen LogP contribution in [-0.2, 0) is 9.53 Å². The molecule has 1 aliphatic rings. The summed E-state index contributed by atoms with van der Waals surface area (Å²) >= 11 is 0. The van der Waals surface area contributed by atoms with Gasteiger partial charge in [0.05, 0.1) is 19.3 Å². The predicted molar refractivity (Wildman–Crippen MR) is 60.2 cm³/mol. The normalized spacial score (nSPS) is 20.0. The van der Waals surface area contributed by atoms with Gasteiger partial charge in [0, 0.05) is 6.08 Å². The third-order valence-electron chi connectivity index (χ3n) is 2.54. The average molecular weight is 218 g/mol. The third kappa shape index (κ3) is 2.24. The minimum Gasteiger partial charge on any atom is -0.497 e. The van der Waals surface area contributed by atoms with Gasteiger partial charge in [-0.05, 0) is 24.6 Å². The Bertz CT molecular complexity index is 435. The monoisotopic (exact) mass is 218 g/mol. The molecule has 1 atom stereocenters. The summed E-state index contributed by atoms with van der Waals surface area (Å²) < 4.78 is 10.8. The van der Waals surface area contributed by atoms with E-state index in [-0.39, 0.29) is 11.9 Å². The zero-order chi connectivity index (χ0) is 11.5. The van der Waals surface area contributed by atoms with Gasteiger partial charge < -0.3 is 9.47 Å². The van der Waals surface area contributed by atoms with Crippen molar-refractivity contribution in [2.45, 2.75) is 19.4 Å². The molecule has 0 fully saturated rings. The van der Waals surface area contributed by atoms with Crippen molar-refractivity contribution in [1.82, 2.24) is 0 Å². The highest BCUT2D eigenvalue weighted by Gasteiger charge is 2.21. The lowest BCUT2D eigenvalue weighted by Crippen LogP contribution is -2.14. The molecule has 1 heterocycles. The third-order valence-corrected chi connectivity index (χ3v) is 2.54. The minimum atomic E-state index is -0.187. The van der Waals surface area contributed by atoms with Crippen molar-refractivity contribution in [3.8, 4) is 5.75 Å². The van der Waals surface area contributed by atoms with Crippen LogP contribution in [0.25, 0.3) is 0 Å². The van der Waals surface area contributed by atoms with E-state index in [1.54, 1.807) is 14.0 Å². The summed E-state index contributed by atoms with van der Waals surface area (Å²) in [5.74, 6) is 1.56. The summed E-state index contributed by atoms with van der Waals surface area (Å²) in [7, 11) is 1.62. The highest BCUT2D eigenvalue weighted by molar-refractivity contribution is 5.91. The zero-order valence-corrected chi connectivity index (χ0v) is 9.40. The van der Waals surface area contributed by atoms with Gasteiger partial charge in [0.15, 0.2) is 5.78 Å².